The topological polar surface area (TPSA) is 60.2 Å². The van der Waals surface area contributed by atoms with Crippen LogP contribution < -0.4 is 0 Å². The van der Waals surface area contributed by atoms with Crippen molar-refractivity contribution in [2.24, 2.45) is 0 Å². The number of aryl methyl sites for hydroxylation is 1. The van der Waals surface area contributed by atoms with Crippen LogP contribution in [-0.2, 0) is 6.42 Å². The van der Waals surface area contributed by atoms with Crippen LogP contribution in [-0.4, -0.2) is 10.7 Å². The standard InChI is InChI=1S/C25H19NO3/c27-25(17-8-11-18(12-9-17)26(28)29)24-7-3-6-20-22-13-10-16-4-1-2-5-19(16)21(22)14-15-23(20)24/h1-2,4-5,8-15,24H,3,6-7H2. The molecular weight excluding hydrogens is 362 g/mol. The number of rotatable bonds is 3. The van der Waals surface area contributed by atoms with E-state index in [-0.39, 0.29) is 17.4 Å². The lowest BCUT2D eigenvalue weighted by Crippen LogP contribution is -2.19. The van der Waals surface area contributed by atoms with E-state index in [2.05, 4.69) is 42.5 Å². The van der Waals surface area contributed by atoms with Gasteiger partial charge in [0.05, 0.1) is 4.92 Å². The number of nitro groups is 1. The first-order valence-corrected chi connectivity index (χ1v) is 9.85. The van der Waals surface area contributed by atoms with Crippen molar-refractivity contribution in [2.45, 2.75) is 25.2 Å². The number of benzene rings is 4. The number of fused-ring (bicyclic) bond motifs is 5. The molecule has 0 heterocycles. The van der Waals surface area contributed by atoms with Crippen molar-refractivity contribution in [3.63, 3.8) is 0 Å². The number of hydrogen-bond acceptors (Lipinski definition) is 3. The van der Waals surface area contributed by atoms with Crippen LogP contribution >= 0.6 is 0 Å². The monoisotopic (exact) mass is 381 g/mol. The minimum atomic E-state index is -0.444. The lowest BCUT2D eigenvalue weighted by Gasteiger charge is -2.26. The second-order valence-electron chi connectivity index (χ2n) is 7.63. The Morgan fingerprint density at radius 3 is 2.41 bits per heavy atom. The fourth-order valence-electron chi connectivity index (χ4n) is 4.63. The number of nitro benzene ring substituents is 1. The van der Waals surface area contributed by atoms with Crippen molar-refractivity contribution in [3.05, 3.63) is 99.6 Å². The average molecular weight is 381 g/mol. The maximum Gasteiger partial charge on any atom is 0.269 e. The van der Waals surface area contributed by atoms with Gasteiger partial charge in [-0.25, -0.2) is 0 Å². The van der Waals surface area contributed by atoms with Crippen molar-refractivity contribution < 1.29 is 9.72 Å². The maximum atomic E-state index is 13.2. The van der Waals surface area contributed by atoms with Crippen LogP contribution in [0.1, 0.15) is 40.2 Å². The Kier molecular flexibility index (Phi) is 4.13. The predicted octanol–water partition coefficient (Wildman–Crippen LogP) is 6.20. The van der Waals surface area contributed by atoms with Gasteiger partial charge in [0.1, 0.15) is 0 Å². The molecule has 142 valence electrons. The molecule has 0 radical (unpaired) electrons. The second kappa shape index (κ2) is 6.82. The first kappa shape index (κ1) is 17.6. The van der Waals surface area contributed by atoms with Crippen LogP contribution in [0.2, 0.25) is 0 Å². The number of carbonyl (C=O) groups is 1. The molecular formula is C25H19NO3. The highest BCUT2D eigenvalue weighted by atomic mass is 16.6. The molecule has 1 aliphatic carbocycles. The van der Waals surface area contributed by atoms with Crippen molar-refractivity contribution in [2.75, 3.05) is 0 Å². The molecule has 0 fully saturated rings. The minimum Gasteiger partial charge on any atom is -0.293 e. The van der Waals surface area contributed by atoms with Crippen LogP contribution in [0.4, 0.5) is 5.69 Å². The summed E-state index contributed by atoms with van der Waals surface area (Å²) < 4.78 is 0. The largest absolute Gasteiger partial charge is 0.293 e. The van der Waals surface area contributed by atoms with Crippen molar-refractivity contribution in [3.8, 4) is 0 Å². The van der Waals surface area contributed by atoms with Gasteiger partial charge in [0, 0.05) is 23.6 Å². The summed E-state index contributed by atoms with van der Waals surface area (Å²) in [5.74, 6) is -0.155. The van der Waals surface area contributed by atoms with Gasteiger partial charge in [0.2, 0.25) is 0 Å². The molecule has 4 heteroatoms. The molecule has 1 unspecified atom stereocenters. The van der Waals surface area contributed by atoms with E-state index >= 15 is 0 Å². The molecule has 0 saturated heterocycles. The molecule has 5 rings (SSSR count). The Hall–Kier alpha value is -3.53. The molecule has 0 aromatic heterocycles. The number of nitrogens with zero attached hydrogens (tertiary/aromatic N) is 1. The number of non-ortho nitro benzene ring substituents is 1. The van der Waals surface area contributed by atoms with Gasteiger partial charge in [0.25, 0.3) is 5.69 Å². The van der Waals surface area contributed by atoms with Gasteiger partial charge in [-0.15, -0.1) is 0 Å². The summed E-state index contributed by atoms with van der Waals surface area (Å²) in [6.45, 7) is 0. The van der Waals surface area contributed by atoms with Crippen LogP contribution in [0.3, 0.4) is 0 Å². The Balaban J connectivity index is 1.60. The summed E-state index contributed by atoms with van der Waals surface area (Å²) in [6, 6.07) is 22.9. The molecule has 29 heavy (non-hydrogen) atoms. The van der Waals surface area contributed by atoms with E-state index in [1.807, 2.05) is 6.07 Å². The lowest BCUT2D eigenvalue weighted by molar-refractivity contribution is -0.384. The van der Waals surface area contributed by atoms with Gasteiger partial charge in [-0.1, -0.05) is 48.5 Å². The second-order valence-corrected chi connectivity index (χ2v) is 7.63. The maximum absolute atomic E-state index is 13.2. The fourth-order valence-corrected chi connectivity index (χ4v) is 4.63. The molecule has 0 aliphatic heterocycles. The van der Waals surface area contributed by atoms with Crippen LogP contribution in [0.25, 0.3) is 21.5 Å². The van der Waals surface area contributed by atoms with Crippen molar-refractivity contribution >= 4 is 33.0 Å². The number of Topliss-reactive ketones (excluding diaryl/α,β-unsaturated/α-hetero) is 1. The smallest absolute Gasteiger partial charge is 0.269 e. The van der Waals surface area contributed by atoms with Gasteiger partial charge in [-0.3, -0.25) is 14.9 Å². The molecule has 0 bridgehead atoms. The summed E-state index contributed by atoms with van der Waals surface area (Å²) in [5.41, 5.74) is 2.90. The summed E-state index contributed by atoms with van der Waals surface area (Å²) in [6.07, 6.45) is 2.74. The summed E-state index contributed by atoms with van der Waals surface area (Å²) >= 11 is 0. The zero-order valence-corrected chi connectivity index (χ0v) is 15.8. The number of hydrogen-bond donors (Lipinski definition) is 0. The Bertz CT molecular complexity index is 1270. The molecule has 0 amide bonds. The normalized spacial score (nSPS) is 15.9. The van der Waals surface area contributed by atoms with Gasteiger partial charge >= 0.3 is 0 Å². The lowest BCUT2D eigenvalue weighted by atomic mass is 9.77. The molecule has 0 saturated carbocycles. The van der Waals surface area contributed by atoms with E-state index in [4.69, 9.17) is 0 Å². The van der Waals surface area contributed by atoms with Crippen LogP contribution in [0.5, 0.6) is 0 Å². The SMILES string of the molecule is O=C(c1ccc([N+](=O)[O-])cc1)C1CCCc2c1ccc1c2ccc2ccccc21. The first-order chi connectivity index (χ1) is 14.1. The molecule has 4 nitrogen and oxygen atoms in total. The summed E-state index contributed by atoms with van der Waals surface area (Å²) in [5, 5.41) is 15.8. The number of carbonyl (C=O) groups excluding carboxylic acids is 1. The molecule has 4 aromatic carbocycles. The van der Waals surface area contributed by atoms with Gasteiger partial charge in [-0.2, -0.15) is 0 Å². The molecule has 0 spiro atoms. The molecule has 1 atom stereocenters. The highest BCUT2D eigenvalue weighted by Gasteiger charge is 2.28. The molecule has 4 aromatic rings. The predicted molar refractivity (Wildman–Crippen MR) is 115 cm³/mol. The minimum absolute atomic E-state index is 0.00321. The highest BCUT2D eigenvalue weighted by molar-refractivity contribution is 6.09. The van der Waals surface area contributed by atoms with E-state index in [1.54, 1.807) is 12.1 Å². The van der Waals surface area contributed by atoms with Crippen molar-refractivity contribution in [1.29, 1.82) is 0 Å². The van der Waals surface area contributed by atoms with E-state index < -0.39 is 4.92 Å². The third kappa shape index (κ3) is 2.88. The quantitative estimate of drug-likeness (QED) is 0.184. The molecule has 0 N–H and O–H groups in total. The fraction of sp³-hybridized carbons (Fsp3) is 0.160. The number of ketones is 1. The van der Waals surface area contributed by atoms with Crippen LogP contribution in [0, 0.1) is 10.1 Å². The third-order valence-corrected chi connectivity index (χ3v) is 6.05. The van der Waals surface area contributed by atoms with Gasteiger partial charge in [0.15, 0.2) is 5.78 Å². The van der Waals surface area contributed by atoms with E-state index in [0.29, 0.717) is 5.56 Å². The average Bonchev–Trinajstić information content (AvgIpc) is 2.77. The zero-order chi connectivity index (χ0) is 20.0. The molecule has 1 aliphatic rings. The van der Waals surface area contributed by atoms with E-state index in [1.165, 1.54) is 39.2 Å². The Morgan fingerprint density at radius 1 is 0.862 bits per heavy atom. The summed E-state index contributed by atoms with van der Waals surface area (Å²) in [7, 11) is 0. The highest BCUT2D eigenvalue weighted by Crippen LogP contribution is 2.39. The van der Waals surface area contributed by atoms with Crippen molar-refractivity contribution in [1.82, 2.24) is 0 Å². The Labute approximate surface area is 167 Å². The van der Waals surface area contributed by atoms with Crippen LogP contribution in [0.15, 0.2) is 72.8 Å². The third-order valence-electron chi connectivity index (χ3n) is 6.05. The zero-order valence-electron chi connectivity index (χ0n) is 15.8. The summed E-state index contributed by atoms with van der Waals surface area (Å²) in [4.78, 5) is 23.7. The van der Waals surface area contributed by atoms with Gasteiger partial charge in [-0.05, 0) is 64.1 Å². The van der Waals surface area contributed by atoms with E-state index in [0.717, 1.165) is 24.8 Å². The first-order valence-electron chi connectivity index (χ1n) is 9.85. The Morgan fingerprint density at radius 2 is 1.62 bits per heavy atom. The van der Waals surface area contributed by atoms with Gasteiger partial charge < -0.3 is 0 Å². The van der Waals surface area contributed by atoms with E-state index in [9.17, 15) is 14.9 Å².